The SMILES string of the molecule is CCOc1ccc([C@H](C[NH3+])[NH+]2CCCCC2)cc1. The lowest BCUT2D eigenvalue weighted by molar-refractivity contribution is -0.942. The molecule has 3 heteroatoms. The zero-order valence-corrected chi connectivity index (χ0v) is 11.5. The first-order valence-corrected chi connectivity index (χ1v) is 7.21. The third-order valence-electron chi connectivity index (χ3n) is 3.87. The van der Waals surface area contributed by atoms with Crippen LogP contribution in [0, 0.1) is 0 Å². The van der Waals surface area contributed by atoms with E-state index in [1.807, 2.05) is 6.92 Å². The summed E-state index contributed by atoms with van der Waals surface area (Å²) in [6.45, 7) is 6.32. The molecule has 0 bridgehead atoms. The lowest BCUT2D eigenvalue weighted by atomic mass is 10.0. The quantitative estimate of drug-likeness (QED) is 0.782. The first-order valence-electron chi connectivity index (χ1n) is 7.21. The van der Waals surface area contributed by atoms with Gasteiger partial charge >= 0.3 is 0 Å². The number of hydrogen-bond donors (Lipinski definition) is 2. The van der Waals surface area contributed by atoms with Gasteiger partial charge in [0.15, 0.2) is 6.04 Å². The average Bonchev–Trinajstić information content (AvgIpc) is 2.43. The summed E-state index contributed by atoms with van der Waals surface area (Å²) in [6.07, 6.45) is 4.13. The van der Waals surface area contributed by atoms with E-state index in [-0.39, 0.29) is 0 Å². The van der Waals surface area contributed by atoms with Gasteiger partial charge in [-0.25, -0.2) is 0 Å². The molecule has 1 saturated heterocycles. The molecule has 0 amide bonds. The van der Waals surface area contributed by atoms with E-state index in [2.05, 4.69) is 30.0 Å². The van der Waals surface area contributed by atoms with Crippen molar-refractivity contribution in [2.45, 2.75) is 32.2 Å². The fourth-order valence-corrected chi connectivity index (χ4v) is 2.92. The van der Waals surface area contributed by atoms with Crippen LogP contribution in [-0.2, 0) is 0 Å². The van der Waals surface area contributed by atoms with E-state index in [4.69, 9.17) is 4.74 Å². The maximum atomic E-state index is 5.50. The number of piperidine rings is 1. The second-order valence-electron chi connectivity index (χ2n) is 5.06. The Morgan fingerprint density at radius 3 is 2.39 bits per heavy atom. The lowest BCUT2D eigenvalue weighted by Gasteiger charge is -2.30. The first-order chi connectivity index (χ1) is 8.85. The highest BCUT2D eigenvalue weighted by Crippen LogP contribution is 2.16. The van der Waals surface area contributed by atoms with Crippen molar-refractivity contribution in [2.24, 2.45) is 0 Å². The average molecular weight is 250 g/mol. The van der Waals surface area contributed by atoms with Crippen LogP contribution in [-0.4, -0.2) is 26.2 Å². The third-order valence-corrected chi connectivity index (χ3v) is 3.87. The Kier molecular flexibility index (Phi) is 5.02. The molecule has 100 valence electrons. The van der Waals surface area contributed by atoms with Crippen LogP contribution in [0.5, 0.6) is 5.75 Å². The molecule has 18 heavy (non-hydrogen) atoms. The van der Waals surface area contributed by atoms with E-state index in [1.165, 1.54) is 37.9 Å². The minimum atomic E-state index is 0.556. The summed E-state index contributed by atoms with van der Waals surface area (Å²) < 4.78 is 5.50. The zero-order valence-electron chi connectivity index (χ0n) is 11.5. The minimum absolute atomic E-state index is 0.556. The zero-order chi connectivity index (χ0) is 12.8. The molecule has 1 heterocycles. The van der Waals surface area contributed by atoms with Gasteiger partial charge in [-0.2, -0.15) is 0 Å². The van der Waals surface area contributed by atoms with Crippen molar-refractivity contribution >= 4 is 0 Å². The molecule has 2 rings (SSSR count). The molecular formula is C15H26N2O+2. The second kappa shape index (κ2) is 6.76. The van der Waals surface area contributed by atoms with E-state index in [1.54, 1.807) is 4.90 Å². The van der Waals surface area contributed by atoms with Gasteiger partial charge in [0.2, 0.25) is 0 Å². The third kappa shape index (κ3) is 3.24. The number of nitrogens with one attached hydrogen (secondary N) is 1. The predicted molar refractivity (Wildman–Crippen MR) is 72.7 cm³/mol. The Morgan fingerprint density at radius 2 is 1.83 bits per heavy atom. The van der Waals surface area contributed by atoms with Crippen molar-refractivity contribution in [3.8, 4) is 5.75 Å². The Labute approximate surface area is 110 Å². The molecule has 3 nitrogen and oxygen atoms in total. The maximum absolute atomic E-state index is 5.50. The molecule has 4 N–H and O–H groups in total. The van der Waals surface area contributed by atoms with Gasteiger partial charge < -0.3 is 15.4 Å². The lowest BCUT2D eigenvalue weighted by Crippen LogP contribution is -3.14. The van der Waals surface area contributed by atoms with Gasteiger partial charge in [0.05, 0.1) is 19.7 Å². The Morgan fingerprint density at radius 1 is 1.17 bits per heavy atom. The van der Waals surface area contributed by atoms with Crippen LogP contribution in [0.2, 0.25) is 0 Å². The molecule has 0 spiro atoms. The maximum Gasteiger partial charge on any atom is 0.162 e. The Balaban J connectivity index is 2.06. The summed E-state index contributed by atoms with van der Waals surface area (Å²) in [4.78, 5) is 1.71. The van der Waals surface area contributed by atoms with Gasteiger partial charge in [-0.15, -0.1) is 0 Å². The van der Waals surface area contributed by atoms with Crippen LogP contribution < -0.4 is 15.4 Å². The molecular weight excluding hydrogens is 224 g/mol. The van der Waals surface area contributed by atoms with Crippen LogP contribution in [0.1, 0.15) is 37.8 Å². The minimum Gasteiger partial charge on any atom is -0.494 e. The molecule has 0 saturated carbocycles. The molecule has 0 aliphatic carbocycles. The topological polar surface area (TPSA) is 41.3 Å². The molecule has 1 aromatic rings. The first kappa shape index (κ1) is 13.4. The van der Waals surface area contributed by atoms with Crippen LogP contribution in [0.3, 0.4) is 0 Å². The van der Waals surface area contributed by atoms with Crippen molar-refractivity contribution in [3.05, 3.63) is 29.8 Å². The highest BCUT2D eigenvalue weighted by Gasteiger charge is 2.26. The summed E-state index contributed by atoms with van der Waals surface area (Å²) in [6, 6.07) is 9.15. The van der Waals surface area contributed by atoms with Gasteiger partial charge in [0.1, 0.15) is 12.3 Å². The summed E-state index contributed by atoms with van der Waals surface area (Å²) >= 11 is 0. The van der Waals surface area contributed by atoms with Gasteiger partial charge in [-0.05, 0) is 50.5 Å². The summed E-state index contributed by atoms with van der Waals surface area (Å²) in [5, 5.41) is 0. The molecule has 1 aliphatic heterocycles. The number of likely N-dealkylation sites (tertiary alicyclic amines) is 1. The van der Waals surface area contributed by atoms with Gasteiger partial charge in [0.25, 0.3) is 0 Å². The predicted octanol–water partition coefficient (Wildman–Crippen LogP) is 0.437. The van der Waals surface area contributed by atoms with Crippen molar-refractivity contribution in [2.75, 3.05) is 26.2 Å². The molecule has 1 aliphatic rings. The fraction of sp³-hybridized carbons (Fsp3) is 0.600. The molecule has 1 aromatic carbocycles. The van der Waals surface area contributed by atoms with Gasteiger partial charge in [0, 0.05) is 5.56 Å². The largest absolute Gasteiger partial charge is 0.494 e. The van der Waals surface area contributed by atoms with Crippen molar-refractivity contribution in [1.82, 2.24) is 0 Å². The van der Waals surface area contributed by atoms with E-state index in [0.29, 0.717) is 6.04 Å². The Bertz CT molecular complexity index is 344. The van der Waals surface area contributed by atoms with Crippen LogP contribution in [0.15, 0.2) is 24.3 Å². The van der Waals surface area contributed by atoms with Crippen molar-refractivity contribution in [1.29, 1.82) is 0 Å². The van der Waals surface area contributed by atoms with Crippen LogP contribution in [0.25, 0.3) is 0 Å². The van der Waals surface area contributed by atoms with Crippen LogP contribution >= 0.6 is 0 Å². The highest BCUT2D eigenvalue weighted by molar-refractivity contribution is 5.28. The number of ether oxygens (including phenoxy) is 1. The summed E-state index contributed by atoms with van der Waals surface area (Å²) in [5.74, 6) is 0.970. The smallest absolute Gasteiger partial charge is 0.162 e. The monoisotopic (exact) mass is 250 g/mol. The van der Waals surface area contributed by atoms with E-state index in [0.717, 1.165) is 18.9 Å². The van der Waals surface area contributed by atoms with E-state index >= 15 is 0 Å². The molecule has 0 unspecified atom stereocenters. The second-order valence-corrected chi connectivity index (χ2v) is 5.06. The molecule has 1 fully saturated rings. The van der Waals surface area contributed by atoms with Gasteiger partial charge in [-0.1, -0.05) is 0 Å². The van der Waals surface area contributed by atoms with Gasteiger partial charge in [-0.3, -0.25) is 0 Å². The molecule has 1 atom stereocenters. The molecule has 0 radical (unpaired) electrons. The van der Waals surface area contributed by atoms with E-state index < -0.39 is 0 Å². The highest BCUT2D eigenvalue weighted by atomic mass is 16.5. The summed E-state index contributed by atoms with van der Waals surface area (Å²) in [5.41, 5.74) is 5.55. The van der Waals surface area contributed by atoms with Crippen molar-refractivity contribution < 1.29 is 15.4 Å². The Hall–Kier alpha value is -1.06. The fourth-order valence-electron chi connectivity index (χ4n) is 2.92. The molecule has 0 aromatic heterocycles. The number of benzene rings is 1. The van der Waals surface area contributed by atoms with Crippen LogP contribution in [0.4, 0.5) is 0 Å². The normalized spacial score (nSPS) is 18.6. The number of rotatable bonds is 5. The number of hydrogen-bond acceptors (Lipinski definition) is 1. The summed E-state index contributed by atoms with van der Waals surface area (Å²) in [7, 11) is 0. The van der Waals surface area contributed by atoms with E-state index in [9.17, 15) is 0 Å². The number of quaternary nitrogens is 2. The standard InChI is InChI=1S/C15H24N2O/c1-2-18-14-8-6-13(7-9-14)15(12-16)17-10-4-3-5-11-17/h6-9,15H,2-5,10-12,16H2,1H3/p+2/t15-/m0/s1. The van der Waals surface area contributed by atoms with Crippen molar-refractivity contribution in [3.63, 3.8) is 0 Å².